The molecule has 2 aliphatic rings. The molecule has 0 aliphatic carbocycles. The lowest BCUT2D eigenvalue weighted by Crippen LogP contribution is -2.60. The maximum Gasteiger partial charge on any atom is 0.410 e. The van der Waals surface area contributed by atoms with Crippen molar-refractivity contribution in [3.05, 3.63) is 90.5 Å². The third-order valence-corrected chi connectivity index (χ3v) is 16.9. The summed E-state index contributed by atoms with van der Waals surface area (Å²) in [4.78, 5) is 178. The van der Waals surface area contributed by atoms with E-state index in [4.69, 9.17) is 14.2 Å². The monoisotopic (exact) mass is 1380 g/mol. The van der Waals surface area contributed by atoms with E-state index in [1.165, 1.54) is 54.5 Å². The molecular weight excluding hydrogens is 1280 g/mol. The number of imidazole rings is 3. The largest absolute Gasteiger partial charge is 0.467 e. The van der Waals surface area contributed by atoms with Crippen molar-refractivity contribution in [1.82, 2.24) is 82.2 Å². The lowest BCUT2D eigenvalue weighted by atomic mass is 9.95. The highest BCUT2D eigenvalue weighted by molar-refractivity contribution is 5.97. The number of nitrogens with one attached hydrogen (secondary N) is 11. The summed E-state index contributed by atoms with van der Waals surface area (Å²) in [5, 5.41) is 34.2. The number of hydrogen-bond acceptors (Lipinski definition) is 18. The van der Waals surface area contributed by atoms with Crippen molar-refractivity contribution >= 4 is 65.4 Å². The number of nitrogens with zero attached hydrogens (tertiary/aromatic N) is 5. The maximum absolute atomic E-state index is 14.9. The third kappa shape index (κ3) is 25.4. The molecule has 31 nitrogen and oxygen atoms in total. The van der Waals surface area contributed by atoms with Crippen molar-refractivity contribution in [3.63, 3.8) is 0 Å². The third-order valence-electron chi connectivity index (χ3n) is 16.9. The van der Waals surface area contributed by atoms with Crippen LogP contribution in [-0.2, 0) is 83.0 Å². The van der Waals surface area contributed by atoms with E-state index in [1.807, 2.05) is 13.8 Å². The van der Waals surface area contributed by atoms with Crippen LogP contribution in [0, 0.1) is 11.8 Å². The van der Waals surface area contributed by atoms with E-state index in [-0.39, 0.29) is 70.5 Å². The molecular formula is C68H102N16O15. The van der Waals surface area contributed by atoms with Gasteiger partial charge in [-0.15, -0.1) is 0 Å². The summed E-state index contributed by atoms with van der Waals surface area (Å²) in [7, 11) is 1.17. The molecule has 544 valence electrons. The predicted molar refractivity (Wildman–Crippen MR) is 361 cm³/mol. The fraction of sp³-hybridized carbons (Fsp3) is 0.618. The van der Waals surface area contributed by atoms with Crippen LogP contribution in [0.5, 0.6) is 0 Å². The second-order valence-electron chi connectivity index (χ2n) is 27.8. The molecule has 2 fully saturated rings. The normalized spacial score (nSPS) is 17.4. The summed E-state index contributed by atoms with van der Waals surface area (Å²) in [5.74, 6) is -7.06. The fourth-order valence-electron chi connectivity index (χ4n) is 11.7. The minimum Gasteiger partial charge on any atom is -0.467 e. The molecule has 99 heavy (non-hydrogen) atoms. The second kappa shape index (κ2) is 37.5. The minimum atomic E-state index is -1.56. The quantitative estimate of drug-likeness (QED) is 0.0179. The molecule has 0 radical (unpaired) electrons. The summed E-state index contributed by atoms with van der Waals surface area (Å²) in [6, 6.07) is -1.93. The molecule has 2 aliphatic heterocycles. The lowest BCUT2D eigenvalue weighted by molar-refractivity contribution is -0.145. The number of carbonyl (C=O) groups excluding carboxylic acids is 11. The molecule has 0 saturated carbocycles. The van der Waals surface area contributed by atoms with Crippen molar-refractivity contribution in [3.8, 4) is 0 Å². The van der Waals surface area contributed by atoms with Crippen LogP contribution in [0.15, 0.2) is 67.9 Å². The van der Waals surface area contributed by atoms with E-state index in [1.54, 1.807) is 85.7 Å². The molecule has 3 aromatic heterocycles. The van der Waals surface area contributed by atoms with Gasteiger partial charge in [0.25, 0.3) is 0 Å². The number of aliphatic hydroxyl groups is 1. The van der Waals surface area contributed by atoms with Gasteiger partial charge in [0.05, 0.1) is 44.7 Å². The number of amides is 10. The van der Waals surface area contributed by atoms with Crippen molar-refractivity contribution in [2.45, 2.75) is 231 Å². The highest BCUT2D eigenvalue weighted by atomic mass is 16.6. The lowest BCUT2D eigenvalue weighted by Gasteiger charge is -2.32. The first-order chi connectivity index (χ1) is 46.9. The van der Waals surface area contributed by atoms with Crippen molar-refractivity contribution in [2.75, 3.05) is 26.7 Å². The van der Waals surface area contributed by atoms with Gasteiger partial charge in [0.2, 0.25) is 47.3 Å². The molecule has 0 spiro atoms. The van der Waals surface area contributed by atoms with E-state index >= 15 is 0 Å². The zero-order valence-corrected chi connectivity index (χ0v) is 58.7. The number of benzene rings is 1. The van der Waals surface area contributed by atoms with E-state index < -0.39 is 149 Å². The van der Waals surface area contributed by atoms with Crippen molar-refractivity contribution < 1.29 is 72.1 Å². The Balaban J connectivity index is 1.15. The highest BCUT2D eigenvalue weighted by Gasteiger charge is 2.43. The number of hydrogen-bond donors (Lipinski definition) is 12. The number of ether oxygens (including phenoxy) is 3. The Kier molecular flexibility index (Phi) is 29.8. The van der Waals surface area contributed by atoms with Crippen molar-refractivity contribution in [1.29, 1.82) is 0 Å². The van der Waals surface area contributed by atoms with Gasteiger partial charge in [-0.2, -0.15) is 0 Å². The van der Waals surface area contributed by atoms with Crippen LogP contribution < -0.4 is 42.5 Å². The van der Waals surface area contributed by atoms with Crippen LogP contribution in [0.2, 0.25) is 0 Å². The number of aromatic nitrogens is 6. The molecule has 5 heterocycles. The standard InChI is InChI=1S/C68H102N16O15/c1-12-41(4)56(62(92)80-50(31-44-35-70-38-74-44)58(88)76-46(64(94)97-11)22-16-17-25-72-65(95)98-67(5,6)7)82-55(86)33-54(85)47(28-40(2)3)77-59(89)49(30-43-34-69-37-73-43)78-57(87)48(29-42-20-14-13-15-21-42)79-60(90)52-23-18-26-83(52)63(93)51(32-45-36-71-39-75-45)81-61(91)53-24-19-27-84(53)66(96)99-68(8,9)10/h13-15,20-21,34-41,46-54,56,85H,12,16-19,22-33H2,1-11H3,(H,69,73)(H,70,74)(H,71,75)(H,72,95)(H,76,88)(H,77,89)(H,78,87)(H,79,90)(H,80,92)(H,81,91)(H,82,86)/t41-,46-,47-,48-,49-,50-,51-,52-,53-,54-,56-/m0/s1. The number of H-pyrrole nitrogens is 3. The Morgan fingerprint density at radius 3 is 1.62 bits per heavy atom. The van der Waals surface area contributed by atoms with Crippen molar-refractivity contribution in [2.24, 2.45) is 11.8 Å². The first kappa shape index (κ1) is 78.6. The van der Waals surface area contributed by atoms with Gasteiger partial charge in [0.1, 0.15) is 59.5 Å². The minimum absolute atomic E-state index is 0.0305. The van der Waals surface area contributed by atoms with Crippen LogP contribution in [-0.4, -0.2) is 209 Å². The molecule has 2 saturated heterocycles. The molecule has 10 amide bonds. The fourth-order valence-corrected chi connectivity index (χ4v) is 11.7. The summed E-state index contributed by atoms with van der Waals surface area (Å²) in [6.07, 6.45) is 7.79. The van der Waals surface area contributed by atoms with E-state index in [0.717, 1.165) is 0 Å². The van der Waals surface area contributed by atoms with Gasteiger partial charge in [0, 0.05) is 81.0 Å². The number of carbonyl (C=O) groups is 11. The van der Waals surface area contributed by atoms with Crippen LogP contribution in [0.25, 0.3) is 0 Å². The number of esters is 1. The van der Waals surface area contributed by atoms with Gasteiger partial charge >= 0.3 is 18.2 Å². The number of aromatic amines is 3. The van der Waals surface area contributed by atoms with E-state index in [9.17, 15) is 57.8 Å². The number of rotatable bonds is 35. The van der Waals surface area contributed by atoms with Gasteiger partial charge in [-0.3, -0.25) is 43.3 Å². The summed E-state index contributed by atoms with van der Waals surface area (Å²) in [5.41, 5.74) is 0.543. The molecule has 6 rings (SSSR count). The van der Waals surface area contributed by atoms with E-state index in [0.29, 0.717) is 61.2 Å². The predicted octanol–water partition coefficient (Wildman–Crippen LogP) is 2.62. The first-order valence-electron chi connectivity index (χ1n) is 34.0. The zero-order valence-electron chi connectivity index (χ0n) is 58.7. The molecule has 31 heteroatoms. The Morgan fingerprint density at radius 2 is 1.10 bits per heavy atom. The van der Waals surface area contributed by atoms with Crippen LogP contribution in [0.3, 0.4) is 0 Å². The molecule has 11 atom stereocenters. The molecule has 12 N–H and O–H groups in total. The van der Waals surface area contributed by atoms with Gasteiger partial charge in [-0.25, -0.2) is 29.3 Å². The SMILES string of the molecule is CC[C@H](C)[C@H](NC(=O)C[C@H](O)[C@H](CC(C)C)NC(=O)[C@H](Cc1cnc[nH]1)NC(=O)[C@H](Cc1ccccc1)NC(=O)[C@@H]1CCCN1C(=O)[C@H](Cc1cnc[nH]1)NC(=O)[C@@H]1CCCN1C(=O)OC(C)(C)C)C(=O)N[C@@H](Cc1cnc[nH]1)C(=O)N[C@@H](CCCCNC(=O)OC(C)(C)C)C(=O)OC. The number of likely N-dealkylation sites (tertiary alicyclic amines) is 2. The maximum atomic E-state index is 14.9. The molecule has 1 aromatic carbocycles. The van der Waals surface area contributed by atoms with Gasteiger partial charge in [0.15, 0.2) is 0 Å². The molecule has 4 aromatic rings. The Bertz CT molecular complexity index is 3280. The average Bonchev–Trinajstić information content (AvgIpc) is 1.74. The van der Waals surface area contributed by atoms with Crippen LogP contribution in [0.4, 0.5) is 9.59 Å². The Morgan fingerprint density at radius 1 is 0.606 bits per heavy atom. The number of methoxy groups -OCH3 is 1. The summed E-state index contributed by atoms with van der Waals surface area (Å²) >= 11 is 0. The summed E-state index contributed by atoms with van der Waals surface area (Å²) < 4.78 is 15.9. The van der Waals surface area contributed by atoms with Crippen LogP contribution >= 0.6 is 0 Å². The van der Waals surface area contributed by atoms with Gasteiger partial charge in [-0.05, 0) is 110 Å². The highest BCUT2D eigenvalue weighted by Crippen LogP contribution is 2.25. The Hall–Kier alpha value is -9.42. The Labute approximate surface area is 577 Å². The molecule has 0 bridgehead atoms. The van der Waals surface area contributed by atoms with Crippen LogP contribution in [0.1, 0.15) is 156 Å². The summed E-state index contributed by atoms with van der Waals surface area (Å²) in [6.45, 7) is 18.2. The van der Waals surface area contributed by atoms with Gasteiger partial charge in [-0.1, -0.05) is 64.4 Å². The number of unbranched alkanes of at least 4 members (excludes halogenated alkanes) is 1. The first-order valence-corrected chi connectivity index (χ1v) is 34.0. The van der Waals surface area contributed by atoms with E-state index in [2.05, 4.69) is 72.4 Å². The number of aliphatic hydroxyl groups excluding tert-OH is 1. The number of alkyl carbamates (subject to hydrolysis) is 1. The average molecular weight is 1380 g/mol. The topological polar surface area (TPSA) is 424 Å². The second-order valence-corrected chi connectivity index (χ2v) is 27.8. The molecule has 0 unspecified atom stereocenters. The van der Waals surface area contributed by atoms with Gasteiger partial charge < -0.3 is 81.7 Å². The smallest absolute Gasteiger partial charge is 0.410 e. The zero-order chi connectivity index (χ0) is 72.6.